The van der Waals surface area contributed by atoms with Crippen molar-refractivity contribution in [1.82, 2.24) is 0 Å². The average Bonchev–Trinajstić information content (AvgIpc) is 2.40. The summed E-state index contributed by atoms with van der Waals surface area (Å²) in [5.41, 5.74) is 8.86. The fourth-order valence-electron chi connectivity index (χ4n) is 2.06. The van der Waals surface area contributed by atoms with E-state index in [4.69, 9.17) is 5.73 Å². The molecule has 0 saturated heterocycles. The van der Waals surface area contributed by atoms with E-state index in [0.29, 0.717) is 0 Å². The molecule has 2 rings (SSSR count). The average molecular weight is 240 g/mol. The molecule has 94 valence electrons. The van der Waals surface area contributed by atoms with Gasteiger partial charge in [-0.05, 0) is 43.2 Å². The Kier molecular flexibility index (Phi) is 3.56. The van der Waals surface area contributed by atoms with Crippen molar-refractivity contribution in [2.24, 2.45) is 0 Å². The maximum atomic E-state index is 5.74. The maximum Gasteiger partial charge on any atom is 0.0594 e. The Bertz CT molecular complexity index is 490. The van der Waals surface area contributed by atoms with Crippen LogP contribution in [0.15, 0.2) is 54.6 Å². The molecule has 1 atom stereocenters. The zero-order valence-corrected chi connectivity index (χ0v) is 11.0. The first-order valence-electron chi connectivity index (χ1n) is 6.33. The lowest BCUT2D eigenvalue weighted by molar-refractivity contribution is 0.523. The van der Waals surface area contributed by atoms with Gasteiger partial charge in [0.25, 0.3) is 0 Å². The predicted octanol–water partition coefficient (Wildman–Crippen LogP) is 4.01. The molecule has 0 spiro atoms. The fraction of sp³-hybridized carbons (Fsp3) is 0.250. The minimum absolute atomic E-state index is 0.0744. The van der Waals surface area contributed by atoms with E-state index in [1.54, 1.807) is 0 Å². The van der Waals surface area contributed by atoms with Crippen molar-refractivity contribution in [2.45, 2.75) is 25.8 Å². The van der Waals surface area contributed by atoms with E-state index in [2.05, 4.69) is 43.4 Å². The minimum atomic E-state index is -0.0744. The second-order valence-electron chi connectivity index (χ2n) is 4.80. The van der Waals surface area contributed by atoms with Crippen LogP contribution >= 0.6 is 0 Å². The van der Waals surface area contributed by atoms with Crippen LogP contribution in [-0.2, 0) is 5.54 Å². The van der Waals surface area contributed by atoms with E-state index in [1.807, 2.05) is 30.3 Å². The summed E-state index contributed by atoms with van der Waals surface area (Å²) in [7, 11) is 0. The summed E-state index contributed by atoms with van der Waals surface area (Å²) in [6.07, 6.45) is 1.01. The summed E-state index contributed by atoms with van der Waals surface area (Å²) < 4.78 is 0. The van der Waals surface area contributed by atoms with Gasteiger partial charge < -0.3 is 11.1 Å². The lowest BCUT2D eigenvalue weighted by Gasteiger charge is -2.31. The number of nitrogen functional groups attached to an aromatic ring is 1. The molecule has 0 radical (unpaired) electrons. The van der Waals surface area contributed by atoms with Crippen LogP contribution in [0.5, 0.6) is 0 Å². The van der Waals surface area contributed by atoms with Crippen LogP contribution in [0.25, 0.3) is 0 Å². The van der Waals surface area contributed by atoms with Gasteiger partial charge in [-0.2, -0.15) is 0 Å². The molecule has 2 heteroatoms. The van der Waals surface area contributed by atoms with Gasteiger partial charge >= 0.3 is 0 Å². The molecule has 18 heavy (non-hydrogen) atoms. The summed E-state index contributed by atoms with van der Waals surface area (Å²) in [6.45, 7) is 4.40. The van der Waals surface area contributed by atoms with Crippen LogP contribution in [-0.4, -0.2) is 0 Å². The fourth-order valence-corrected chi connectivity index (χ4v) is 2.06. The van der Waals surface area contributed by atoms with E-state index in [9.17, 15) is 0 Å². The first kappa shape index (κ1) is 12.5. The second kappa shape index (κ2) is 5.13. The molecule has 0 bridgehead atoms. The number of para-hydroxylation sites is 1. The Morgan fingerprint density at radius 1 is 1.00 bits per heavy atom. The monoisotopic (exact) mass is 240 g/mol. The zero-order chi connectivity index (χ0) is 13.0. The topological polar surface area (TPSA) is 38.0 Å². The van der Waals surface area contributed by atoms with Crippen LogP contribution < -0.4 is 11.1 Å². The standard InChI is InChI=1S/C16H20N2/c1-3-16(2,13-9-11-14(17)12-10-13)18-15-7-5-4-6-8-15/h4-12,18H,3,17H2,1-2H3. The largest absolute Gasteiger partial charge is 0.399 e. The Morgan fingerprint density at radius 2 is 1.61 bits per heavy atom. The predicted molar refractivity (Wildman–Crippen MR) is 78.6 cm³/mol. The Hall–Kier alpha value is -1.96. The Labute approximate surface area is 109 Å². The highest BCUT2D eigenvalue weighted by Crippen LogP contribution is 2.29. The summed E-state index contributed by atoms with van der Waals surface area (Å²) in [6, 6.07) is 18.4. The van der Waals surface area contributed by atoms with E-state index in [-0.39, 0.29) is 5.54 Å². The molecule has 0 aliphatic rings. The first-order valence-corrected chi connectivity index (χ1v) is 6.33. The molecule has 0 aliphatic heterocycles. The summed E-state index contributed by atoms with van der Waals surface area (Å²) >= 11 is 0. The van der Waals surface area contributed by atoms with Crippen molar-refractivity contribution in [3.8, 4) is 0 Å². The van der Waals surface area contributed by atoms with Crippen molar-refractivity contribution >= 4 is 11.4 Å². The third kappa shape index (κ3) is 2.65. The van der Waals surface area contributed by atoms with Crippen molar-refractivity contribution in [3.05, 3.63) is 60.2 Å². The van der Waals surface area contributed by atoms with Crippen molar-refractivity contribution in [2.75, 3.05) is 11.1 Å². The lowest BCUT2D eigenvalue weighted by Crippen LogP contribution is -2.30. The third-order valence-corrected chi connectivity index (χ3v) is 3.45. The van der Waals surface area contributed by atoms with Crippen LogP contribution in [0.4, 0.5) is 11.4 Å². The smallest absolute Gasteiger partial charge is 0.0594 e. The number of nitrogens with one attached hydrogen (secondary N) is 1. The lowest BCUT2D eigenvalue weighted by atomic mass is 9.89. The molecule has 2 aromatic carbocycles. The van der Waals surface area contributed by atoms with E-state index >= 15 is 0 Å². The highest BCUT2D eigenvalue weighted by Gasteiger charge is 2.23. The molecular formula is C16H20N2. The van der Waals surface area contributed by atoms with Gasteiger partial charge in [-0.25, -0.2) is 0 Å². The number of hydrogen-bond donors (Lipinski definition) is 2. The molecule has 0 saturated carbocycles. The normalized spacial score (nSPS) is 13.9. The zero-order valence-electron chi connectivity index (χ0n) is 11.0. The molecular weight excluding hydrogens is 220 g/mol. The number of benzene rings is 2. The van der Waals surface area contributed by atoms with Gasteiger partial charge in [0.1, 0.15) is 0 Å². The van der Waals surface area contributed by atoms with Crippen molar-refractivity contribution in [1.29, 1.82) is 0 Å². The highest BCUT2D eigenvalue weighted by atomic mass is 15.0. The number of nitrogens with two attached hydrogens (primary N) is 1. The van der Waals surface area contributed by atoms with Gasteiger partial charge in [0.05, 0.1) is 5.54 Å². The molecule has 0 fully saturated rings. The van der Waals surface area contributed by atoms with E-state index in [1.165, 1.54) is 5.56 Å². The SMILES string of the molecule is CCC(C)(Nc1ccccc1)c1ccc(N)cc1. The Morgan fingerprint density at radius 3 is 2.17 bits per heavy atom. The van der Waals surface area contributed by atoms with Crippen LogP contribution in [0.2, 0.25) is 0 Å². The van der Waals surface area contributed by atoms with Crippen LogP contribution in [0, 0.1) is 0 Å². The molecule has 0 aliphatic carbocycles. The third-order valence-electron chi connectivity index (χ3n) is 3.45. The molecule has 2 aromatic rings. The molecule has 1 unspecified atom stereocenters. The van der Waals surface area contributed by atoms with Crippen LogP contribution in [0.1, 0.15) is 25.8 Å². The van der Waals surface area contributed by atoms with Gasteiger partial charge in [-0.3, -0.25) is 0 Å². The molecule has 0 heterocycles. The van der Waals surface area contributed by atoms with Gasteiger partial charge in [0, 0.05) is 11.4 Å². The molecule has 0 aromatic heterocycles. The molecule has 3 N–H and O–H groups in total. The molecule has 0 amide bonds. The van der Waals surface area contributed by atoms with Crippen molar-refractivity contribution in [3.63, 3.8) is 0 Å². The number of anilines is 2. The highest BCUT2D eigenvalue weighted by molar-refractivity contribution is 5.49. The van der Waals surface area contributed by atoms with Crippen molar-refractivity contribution < 1.29 is 0 Å². The quantitative estimate of drug-likeness (QED) is 0.792. The van der Waals surface area contributed by atoms with Crippen LogP contribution in [0.3, 0.4) is 0 Å². The van der Waals surface area contributed by atoms with Gasteiger partial charge in [0.2, 0.25) is 0 Å². The second-order valence-corrected chi connectivity index (χ2v) is 4.80. The summed E-state index contributed by atoms with van der Waals surface area (Å²) in [5.74, 6) is 0. The Balaban J connectivity index is 2.28. The van der Waals surface area contributed by atoms with Gasteiger partial charge in [-0.1, -0.05) is 37.3 Å². The summed E-state index contributed by atoms with van der Waals surface area (Å²) in [4.78, 5) is 0. The molecule has 2 nitrogen and oxygen atoms in total. The first-order chi connectivity index (χ1) is 8.64. The number of hydrogen-bond acceptors (Lipinski definition) is 2. The van der Waals surface area contributed by atoms with E-state index < -0.39 is 0 Å². The minimum Gasteiger partial charge on any atom is -0.399 e. The maximum absolute atomic E-state index is 5.74. The number of rotatable bonds is 4. The van der Waals surface area contributed by atoms with Gasteiger partial charge in [0.15, 0.2) is 0 Å². The summed E-state index contributed by atoms with van der Waals surface area (Å²) in [5, 5.41) is 3.60. The van der Waals surface area contributed by atoms with Gasteiger partial charge in [-0.15, -0.1) is 0 Å². The van der Waals surface area contributed by atoms with E-state index in [0.717, 1.165) is 17.8 Å².